The van der Waals surface area contributed by atoms with Gasteiger partial charge < -0.3 is 19.9 Å². The SMILES string of the molecule is CC(C)(C)C(=O)OC[C@H](NC(=O)OCc1ccccc1)C(=O)O. The Morgan fingerprint density at radius 1 is 1.13 bits per heavy atom. The minimum Gasteiger partial charge on any atom is -0.480 e. The van der Waals surface area contributed by atoms with Crippen LogP contribution < -0.4 is 5.32 Å². The third kappa shape index (κ3) is 6.82. The molecule has 0 radical (unpaired) electrons. The Kier molecular flexibility index (Phi) is 6.56. The first-order valence-corrected chi connectivity index (χ1v) is 7.07. The number of benzene rings is 1. The number of ether oxygens (including phenoxy) is 2. The number of carboxylic acids is 1. The zero-order chi connectivity index (χ0) is 17.5. The minimum atomic E-state index is -1.37. The zero-order valence-electron chi connectivity index (χ0n) is 13.4. The second kappa shape index (κ2) is 8.17. The van der Waals surface area contributed by atoms with Crippen LogP contribution in [0.5, 0.6) is 0 Å². The minimum absolute atomic E-state index is 0.0147. The molecule has 0 aromatic heterocycles. The molecule has 1 atom stereocenters. The summed E-state index contributed by atoms with van der Waals surface area (Å²) < 4.78 is 9.83. The standard InChI is InChI=1S/C16H21NO6/c1-16(2,3)14(20)22-10-12(13(18)19)17-15(21)23-9-11-7-5-4-6-8-11/h4-8,12H,9-10H2,1-3H3,(H,17,21)(H,18,19)/t12-/m0/s1. The van der Waals surface area contributed by atoms with Gasteiger partial charge in [-0.25, -0.2) is 9.59 Å². The Morgan fingerprint density at radius 2 is 1.74 bits per heavy atom. The maximum atomic E-state index is 11.6. The Bertz CT molecular complexity index is 549. The zero-order valence-corrected chi connectivity index (χ0v) is 13.4. The normalized spacial score (nSPS) is 12.1. The fraction of sp³-hybridized carbons (Fsp3) is 0.438. The van der Waals surface area contributed by atoms with Crippen molar-refractivity contribution >= 4 is 18.0 Å². The number of alkyl carbamates (subject to hydrolysis) is 1. The van der Waals surface area contributed by atoms with E-state index in [1.165, 1.54) is 0 Å². The van der Waals surface area contributed by atoms with E-state index in [9.17, 15) is 14.4 Å². The van der Waals surface area contributed by atoms with Crippen LogP contribution in [0.4, 0.5) is 4.79 Å². The first-order chi connectivity index (χ1) is 10.7. The van der Waals surface area contributed by atoms with Crippen LogP contribution in [0.15, 0.2) is 30.3 Å². The summed E-state index contributed by atoms with van der Waals surface area (Å²) >= 11 is 0. The summed E-state index contributed by atoms with van der Waals surface area (Å²) in [6, 6.07) is 7.59. The molecule has 7 nitrogen and oxygen atoms in total. The van der Waals surface area contributed by atoms with E-state index in [-0.39, 0.29) is 6.61 Å². The Balaban J connectivity index is 2.47. The predicted octanol–water partition coefficient (Wildman–Crippen LogP) is 1.96. The van der Waals surface area contributed by atoms with E-state index in [0.717, 1.165) is 5.56 Å². The Hall–Kier alpha value is -2.57. The lowest BCUT2D eigenvalue weighted by molar-refractivity contribution is -0.155. The molecule has 0 saturated heterocycles. The Labute approximate surface area is 134 Å². The van der Waals surface area contributed by atoms with E-state index in [2.05, 4.69) is 5.32 Å². The highest BCUT2D eigenvalue weighted by Crippen LogP contribution is 2.15. The number of carbonyl (C=O) groups excluding carboxylic acids is 2. The van der Waals surface area contributed by atoms with Crippen molar-refractivity contribution in [3.63, 3.8) is 0 Å². The van der Waals surface area contributed by atoms with Crippen molar-refractivity contribution in [1.29, 1.82) is 0 Å². The molecule has 0 heterocycles. The molecule has 1 aromatic carbocycles. The summed E-state index contributed by atoms with van der Waals surface area (Å²) in [5, 5.41) is 11.2. The van der Waals surface area contributed by atoms with Gasteiger partial charge in [0.25, 0.3) is 0 Å². The second-order valence-corrected chi connectivity index (χ2v) is 5.95. The Morgan fingerprint density at radius 3 is 2.26 bits per heavy atom. The number of amides is 1. The molecule has 1 amide bonds. The number of carboxylic acid groups (broad SMARTS) is 1. The first-order valence-electron chi connectivity index (χ1n) is 7.07. The van der Waals surface area contributed by atoms with Gasteiger partial charge in [0.15, 0.2) is 6.04 Å². The summed E-state index contributed by atoms with van der Waals surface area (Å²) in [6.45, 7) is 4.48. The van der Waals surface area contributed by atoms with Gasteiger partial charge in [0.05, 0.1) is 5.41 Å². The van der Waals surface area contributed by atoms with E-state index < -0.39 is 36.1 Å². The van der Waals surface area contributed by atoms with Crippen molar-refractivity contribution < 1.29 is 29.0 Å². The van der Waals surface area contributed by atoms with Crippen molar-refractivity contribution in [2.75, 3.05) is 6.61 Å². The van der Waals surface area contributed by atoms with E-state index in [1.54, 1.807) is 45.0 Å². The van der Waals surface area contributed by atoms with Crippen molar-refractivity contribution in [3.05, 3.63) is 35.9 Å². The van der Waals surface area contributed by atoms with Crippen molar-refractivity contribution in [1.82, 2.24) is 5.32 Å². The van der Waals surface area contributed by atoms with Crippen LogP contribution in [0.3, 0.4) is 0 Å². The van der Waals surface area contributed by atoms with E-state index in [4.69, 9.17) is 14.6 Å². The van der Waals surface area contributed by atoms with Gasteiger partial charge in [-0.2, -0.15) is 0 Å². The van der Waals surface area contributed by atoms with E-state index in [0.29, 0.717) is 0 Å². The van der Waals surface area contributed by atoms with Gasteiger partial charge in [-0.3, -0.25) is 4.79 Å². The predicted molar refractivity (Wildman–Crippen MR) is 81.6 cm³/mol. The van der Waals surface area contributed by atoms with Crippen molar-refractivity contribution in [2.24, 2.45) is 5.41 Å². The number of aliphatic carboxylic acids is 1. The maximum absolute atomic E-state index is 11.6. The number of hydrogen-bond acceptors (Lipinski definition) is 5. The number of carbonyl (C=O) groups is 3. The quantitative estimate of drug-likeness (QED) is 0.776. The van der Waals surface area contributed by atoms with Crippen LogP contribution in [-0.4, -0.2) is 35.8 Å². The van der Waals surface area contributed by atoms with Gasteiger partial charge in [0.1, 0.15) is 13.2 Å². The highest BCUT2D eigenvalue weighted by Gasteiger charge is 2.27. The van der Waals surface area contributed by atoms with Gasteiger partial charge in [-0.05, 0) is 26.3 Å². The van der Waals surface area contributed by atoms with Gasteiger partial charge >= 0.3 is 18.0 Å². The molecule has 0 aliphatic carbocycles. The van der Waals surface area contributed by atoms with Gasteiger partial charge in [0.2, 0.25) is 0 Å². The number of rotatable bonds is 6. The molecule has 0 saturated carbocycles. The maximum Gasteiger partial charge on any atom is 0.408 e. The van der Waals surface area contributed by atoms with Crippen LogP contribution in [0, 0.1) is 5.41 Å². The lowest BCUT2D eigenvalue weighted by Gasteiger charge is -2.19. The molecular weight excluding hydrogens is 302 g/mol. The number of hydrogen-bond donors (Lipinski definition) is 2. The molecule has 126 valence electrons. The third-order valence-electron chi connectivity index (χ3n) is 2.80. The highest BCUT2D eigenvalue weighted by molar-refractivity contribution is 5.81. The van der Waals surface area contributed by atoms with Crippen LogP contribution in [0.2, 0.25) is 0 Å². The molecule has 0 bridgehead atoms. The van der Waals surface area contributed by atoms with Gasteiger partial charge in [0, 0.05) is 0 Å². The summed E-state index contributed by atoms with van der Waals surface area (Å²) in [5.41, 5.74) is 0.0188. The highest BCUT2D eigenvalue weighted by atomic mass is 16.6. The van der Waals surface area contributed by atoms with Crippen LogP contribution in [0.1, 0.15) is 26.3 Å². The van der Waals surface area contributed by atoms with E-state index in [1.807, 2.05) is 6.07 Å². The molecule has 0 spiro atoms. The molecular formula is C16H21NO6. The van der Waals surface area contributed by atoms with Crippen LogP contribution in [-0.2, 0) is 25.7 Å². The monoisotopic (exact) mass is 323 g/mol. The van der Waals surface area contributed by atoms with Crippen LogP contribution >= 0.6 is 0 Å². The molecule has 1 rings (SSSR count). The summed E-state index contributed by atoms with van der Waals surface area (Å²) in [6.07, 6.45) is -0.895. The molecule has 1 aromatic rings. The summed E-state index contributed by atoms with van der Waals surface area (Å²) in [5.74, 6) is -1.87. The van der Waals surface area contributed by atoms with Gasteiger partial charge in [-0.1, -0.05) is 30.3 Å². The second-order valence-electron chi connectivity index (χ2n) is 5.95. The lowest BCUT2D eigenvalue weighted by atomic mass is 9.97. The largest absolute Gasteiger partial charge is 0.480 e. The molecule has 0 aliphatic heterocycles. The fourth-order valence-corrected chi connectivity index (χ4v) is 1.46. The molecule has 0 fully saturated rings. The van der Waals surface area contributed by atoms with Gasteiger partial charge in [-0.15, -0.1) is 0 Å². The smallest absolute Gasteiger partial charge is 0.408 e. The van der Waals surface area contributed by atoms with E-state index >= 15 is 0 Å². The molecule has 0 unspecified atom stereocenters. The van der Waals surface area contributed by atoms with Crippen molar-refractivity contribution in [2.45, 2.75) is 33.4 Å². The summed E-state index contributed by atoms with van der Waals surface area (Å²) in [7, 11) is 0. The average molecular weight is 323 g/mol. The van der Waals surface area contributed by atoms with Crippen molar-refractivity contribution in [3.8, 4) is 0 Å². The molecule has 7 heteroatoms. The molecule has 2 N–H and O–H groups in total. The summed E-state index contributed by atoms with van der Waals surface area (Å²) in [4.78, 5) is 34.4. The molecule has 0 aliphatic rings. The van der Waals surface area contributed by atoms with Crippen LogP contribution in [0.25, 0.3) is 0 Å². The average Bonchev–Trinajstić information content (AvgIpc) is 2.48. The topological polar surface area (TPSA) is 102 Å². The fourth-order valence-electron chi connectivity index (χ4n) is 1.46. The number of esters is 1. The first kappa shape index (κ1) is 18.5. The lowest BCUT2D eigenvalue weighted by Crippen LogP contribution is -2.45. The number of nitrogens with one attached hydrogen (secondary N) is 1. The third-order valence-corrected chi connectivity index (χ3v) is 2.80. The molecule has 23 heavy (non-hydrogen) atoms.